The maximum Gasteiger partial charge on any atom is 0.243 e. The molecule has 0 aliphatic carbocycles. The number of guanidine groups is 1. The molecule has 15 N–H and O–H groups in total. The highest BCUT2D eigenvalue weighted by Crippen LogP contribution is 2.20. The fourth-order valence-electron chi connectivity index (χ4n) is 8.31. The van der Waals surface area contributed by atoms with Gasteiger partial charge in [-0.3, -0.25) is 43.3 Å². The fourth-order valence-corrected chi connectivity index (χ4v) is 8.31. The number of fused-ring (bicyclic) bond motifs is 1. The second-order valence-electron chi connectivity index (χ2n) is 18.4. The Hall–Kier alpha value is -8.47. The SMILES string of the molecule is CCCCCC[C@H](NC(=O)[C@H](CCCC)NC(C)=O)C(=O)N[C@@H](Cc1cnc[nH]1)C(=O)N[C@H](Cc1ccccc1)C(=O)N[C@@H](CCCN=C(N)N)C(=O)N[C@@H](Cc1c[nH]c2ccccc12)C(=O)N[C@@H](CN=[N+]=[N-])C(N)=O. The molecule has 8 amide bonds. The van der Waals surface area contributed by atoms with Gasteiger partial charge in [0.1, 0.15) is 42.3 Å². The predicted octanol–water partition coefficient (Wildman–Crippen LogP) is 1.34. The number of hydrogen-bond acceptors (Lipinski definition) is 11. The Morgan fingerprint density at radius 1 is 0.605 bits per heavy atom. The number of H-pyrrole nitrogens is 2. The maximum absolute atomic E-state index is 14.7. The third-order valence-electron chi connectivity index (χ3n) is 12.3. The summed E-state index contributed by atoms with van der Waals surface area (Å²) in [6.45, 7) is 4.84. The van der Waals surface area contributed by atoms with Crippen molar-refractivity contribution in [3.8, 4) is 0 Å². The summed E-state index contributed by atoms with van der Waals surface area (Å²) in [5, 5.41) is 23.2. The second-order valence-corrected chi connectivity index (χ2v) is 18.4. The molecule has 0 aliphatic heterocycles. The van der Waals surface area contributed by atoms with E-state index in [0.717, 1.165) is 36.6 Å². The van der Waals surface area contributed by atoms with Gasteiger partial charge in [-0.05, 0) is 48.4 Å². The lowest BCUT2D eigenvalue weighted by Crippen LogP contribution is -2.61. The molecule has 0 aliphatic rings. The van der Waals surface area contributed by atoms with Crippen LogP contribution < -0.4 is 54.4 Å². The van der Waals surface area contributed by atoms with Gasteiger partial charge in [-0.25, -0.2) is 4.98 Å². The van der Waals surface area contributed by atoms with Crippen LogP contribution in [0.25, 0.3) is 21.3 Å². The van der Waals surface area contributed by atoms with Crippen molar-refractivity contribution in [2.75, 3.05) is 13.1 Å². The Labute approximate surface area is 440 Å². The minimum atomic E-state index is -1.43. The summed E-state index contributed by atoms with van der Waals surface area (Å²) in [7, 11) is 0. The van der Waals surface area contributed by atoms with Gasteiger partial charge < -0.3 is 64.4 Å². The molecule has 25 nitrogen and oxygen atoms in total. The molecule has 7 atom stereocenters. The minimum Gasteiger partial charge on any atom is -0.370 e. The molecule has 0 unspecified atom stereocenters. The van der Waals surface area contributed by atoms with Crippen molar-refractivity contribution >= 4 is 64.1 Å². The molecule has 0 fully saturated rings. The number of para-hydroxylation sites is 1. The number of aliphatic imine (C=N–C) groups is 1. The summed E-state index contributed by atoms with van der Waals surface area (Å²) in [5.41, 5.74) is 28.1. The lowest BCUT2D eigenvalue weighted by Gasteiger charge is -2.28. The first-order valence-electron chi connectivity index (χ1n) is 25.5. The lowest BCUT2D eigenvalue weighted by atomic mass is 10.0. The van der Waals surface area contributed by atoms with Crippen LogP contribution in [0.4, 0.5) is 0 Å². The molecule has 0 bridgehead atoms. The fraction of sp³-hybridized carbons (Fsp3) is 0.490. The summed E-state index contributed by atoms with van der Waals surface area (Å²) >= 11 is 0. The molecular weight excluding hydrogens is 979 g/mol. The number of carbonyl (C=O) groups is 8. The van der Waals surface area contributed by atoms with Crippen molar-refractivity contribution in [3.05, 3.63) is 101 Å². The standard InChI is InChI=1S/C51H73N17O8/c1-4-6-8-12-21-38(62-45(71)37(19-7-5-2)61-31(3)69)46(72)66-42(26-34-28-56-30-59-34)50(76)64-40(24-32-16-10-9-11-17-32)48(74)63-39(22-15-23-57-51(53)54)47(73)65-41(49(75)67-43(44(52)70)29-60-68-55)25-33-27-58-36-20-14-13-18-35(33)36/h9-11,13-14,16-18,20,27-28,30,37-43,58H,4-8,12,15,19,21-26,29H2,1-3H3,(H2,52,70)(H,56,59)(H,61,69)(H,62,71)(H,63,74)(H,64,76)(H,65,73)(H,66,72)(H,67,75)(H4,53,54,57)/t37-,38-,39-,40+,41-,42-,43-/m0/s1. The number of primary amides is 1. The molecule has 2 heterocycles. The first-order valence-corrected chi connectivity index (χ1v) is 25.5. The van der Waals surface area contributed by atoms with Crippen LogP contribution in [0.2, 0.25) is 0 Å². The van der Waals surface area contributed by atoms with Gasteiger partial charge in [0.05, 0.1) is 12.9 Å². The average Bonchev–Trinajstić information content (AvgIpc) is 4.07. The van der Waals surface area contributed by atoms with E-state index in [1.807, 2.05) is 32.0 Å². The number of nitrogens with zero attached hydrogens (tertiary/aromatic N) is 5. The summed E-state index contributed by atoms with van der Waals surface area (Å²) < 4.78 is 0. The number of benzene rings is 2. The van der Waals surface area contributed by atoms with Crippen LogP contribution in [-0.4, -0.2) is 124 Å². The Morgan fingerprint density at radius 2 is 1.13 bits per heavy atom. The van der Waals surface area contributed by atoms with E-state index in [1.54, 1.807) is 42.6 Å². The van der Waals surface area contributed by atoms with E-state index in [0.29, 0.717) is 36.1 Å². The number of amides is 8. The molecule has 0 saturated carbocycles. The van der Waals surface area contributed by atoms with E-state index in [9.17, 15) is 38.4 Å². The molecule has 4 aromatic rings. The number of nitrogens with one attached hydrogen (secondary N) is 9. The van der Waals surface area contributed by atoms with Gasteiger partial charge >= 0.3 is 0 Å². The first kappa shape index (κ1) is 60.1. The number of nitrogens with two attached hydrogens (primary N) is 3. The van der Waals surface area contributed by atoms with Gasteiger partial charge in [-0.2, -0.15) is 0 Å². The van der Waals surface area contributed by atoms with Crippen LogP contribution in [-0.2, 0) is 57.6 Å². The van der Waals surface area contributed by atoms with Gasteiger partial charge in [-0.1, -0.05) is 106 Å². The number of unbranched alkanes of at least 4 members (excludes halogenated alkanes) is 4. The molecule has 0 radical (unpaired) electrons. The minimum absolute atomic E-state index is 0.0484. The van der Waals surface area contributed by atoms with E-state index in [2.05, 4.69) is 67.2 Å². The maximum atomic E-state index is 14.7. The van der Waals surface area contributed by atoms with E-state index in [4.69, 9.17) is 22.7 Å². The molecular formula is C51H73N17O8. The topological polar surface area (TPSA) is 404 Å². The zero-order valence-corrected chi connectivity index (χ0v) is 43.3. The Kier molecular flexibility index (Phi) is 25.3. The van der Waals surface area contributed by atoms with Crippen LogP contribution in [0.15, 0.2) is 83.4 Å². The highest BCUT2D eigenvalue weighted by Gasteiger charge is 2.35. The largest absolute Gasteiger partial charge is 0.370 e. The monoisotopic (exact) mass is 1050 g/mol. The van der Waals surface area contributed by atoms with Crippen LogP contribution >= 0.6 is 0 Å². The molecule has 4 rings (SSSR count). The Bertz CT molecular complexity index is 2610. The second kappa shape index (κ2) is 32.0. The highest BCUT2D eigenvalue weighted by atomic mass is 16.2. The van der Waals surface area contributed by atoms with E-state index >= 15 is 0 Å². The van der Waals surface area contributed by atoms with E-state index < -0.39 is 96.1 Å². The quantitative estimate of drug-likeness (QED) is 0.00791. The third-order valence-corrected chi connectivity index (χ3v) is 12.3. The summed E-state index contributed by atoms with van der Waals surface area (Å²) in [6, 6.07) is 7.06. The van der Waals surface area contributed by atoms with Gasteiger partial charge in [-0.15, -0.1) is 0 Å². The summed E-state index contributed by atoms with van der Waals surface area (Å²) in [5.74, 6) is -6.12. The molecule has 0 saturated heterocycles. The molecule has 410 valence electrons. The summed E-state index contributed by atoms with van der Waals surface area (Å²) in [4.78, 5) is 127. The van der Waals surface area contributed by atoms with Crippen molar-refractivity contribution in [2.45, 2.75) is 147 Å². The van der Waals surface area contributed by atoms with Crippen LogP contribution in [0.5, 0.6) is 0 Å². The van der Waals surface area contributed by atoms with E-state index in [-0.39, 0.29) is 51.0 Å². The number of imidazole rings is 1. The van der Waals surface area contributed by atoms with Crippen molar-refractivity contribution in [1.29, 1.82) is 0 Å². The molecule has 2 aromatic carbocycles. The van der Waals surface area contributed by atoms with Crippen LogP contribution in [0.1, 0.15) is 102 Å². The van der Waals surface area contributed by atoms with Crippen molar-refractivity contribution < 1.29 is 38.4 Å². The molecule has 2 aromatic heterocycles. The number of aromatic nitrogens is 3. The van der Waals surface area contributed by atoms with Crippen molar-refractivity contribution in [1.82, 2.24) is 52.2 Å². The number of azide groups is 1. The molecule has 76 heavy (non-hydrogen) atoms. The number of hydrogen-bond donors (Lipinski definition) is 12. The number of aromatic amines is 2. The average molecular weight is 1050 g/mol. The normalized spacial score (nSPS) is 13.7. The number of rotatable bonds is 34. The molecule has 0 spiro atoms. The smallest absolute Gasteiger partial charge is 0.243 e. The van der Waals surface area contributed by atoms with Crippen molar-refractivity contribution in [2.24, 2.45) is 27.3 Å². The molecule has 25 heteroatoms. The van der Waals surface area contributed by atoms with Crippen LogP contribution in [0.3, 0.4) is 0 Å². The first-order chi connectivity index (χ1) is 36.5. The lowest BCUT2D eigenvalue weighted by molar-refractivity contribution is -0.135. The Balaban J connectivity index is 1.68. The van der Waals surface area contributed by atoms with Crippen molar-refractivity contribution in [3.63, 3.8) is 0 Å². The zero-order valence-electron chi connectivity index (χ0n) is 43.3. The number of carbonyl (C=O) groups excluding carboxylic acids is 8. The van der Waals surface area contributed by atoms with Gasteiger partial charge in [0.25, 0.3) is 0 Å². The van der Waals surface area contributed by atoms with E-state index in [1.165, 1.54) is 19.4 Å². The predicted molar refractivity (Wildman–Crippen MR) is 285 cm³/mol. The zero-order chi connectivity index (χ0) is 55.4. The van der Waals surface area contributed by atoms with Crippen LogP contribution in [0, 0.1) is 0 Å². The highest BCUT2D eigenvalue weighted by molar-refractivity contribution is 5.98. The Morgan fingerprint density at radius 3 is 1.70 bits per heavy atom. The third kappa shape index (κ3) is 20.4. The van der Waals surface area contributed by atoms with Gasteiger partial charge in [0.15, 0.2) is 5.96 Å². The summed E-state index contributed by atoms with van der Waals surface area (Å²) in [6.07, 6.45) is 9.43. The van der Waals surface area contributed by atoms with Gasteiger partial charge in [0, 0.05) is 66.6 Å². The van der Waals surface area contributed by atoms with Gasteiger partial charge in [0.2, 0.25) is 47.3 Å².